The number of nitriles is 1. The molecule has 0 fully saturated rings. The average Bonchev–Trinajstić information content (AvgIpc) is 2.85. The van der Waals surface area contributed by atoms with Gasteiger partial charge in [-0.2, -0.15) is 5.26 Å². The van der Waals surface area contributed by atoms with Crippen LogP contribution in [0.15, 0.2) is 45.0 Å². The van der Waals surface area contributed by atoms with Gasteiger partial charge in [0.2, 0.25) is 0 Å². The maximum atomic E-state index is 12.1. The van der Waals surface area contributed by atoms with Gasteiger partial charge in [0.05, 0.1) is 0 Å². The number of carbonyl (C=O) groups is 1. The number of anilines is 1. The first-order chi connectivity index (χ1) is 9.99. The van der Waals surface area contributed by atoms with Crippen LogP contribution in [0.4, 0.5) is 5.69 Å². The molecule has 1 heterocycles. The molecule has 0 aliphatic carbocycles. The van der Waals surface area contributed by atoms with Gasteiger partial charge in [0.25, 0.3) is 5.91 Å². The molecule has 21 heavy (non-hydrogen) atoms. The lowest BCUT2D eigenvalue weighted by Crippen LogP contribution is -2.14. The maximum Gasteiger partial charge on any atom is 0.266 e. The lowest BCUT2D eigenvalue weighted by atomic mass is 10.1. The summed E-state index contributed by atoms with van der Waals surface area (Å²) >= 11 is 9.05. The molecule has 0 radical (unpaired) electrons. The van der Waals surface area contributed by atoms with Crippen LogP contribution >= 0.6 is 27.5 Å². The minimum absolute atomic E-state index is 0.0591. The summed E-state index contributed by atoms with van der Waals surface area (Å²) in [5, 5.41) is 12.3. The molecule has 1 amide bonds. The Bertz CT molecular complexity index is 759. The number of hydrogen-bond donors (Lipinski definition) is 1. The molecule has 1 aromatic carbocycles. The van der Waals surface area contributed by atoms with Gasteiger partial charge in [-0.3, -0.25) is 4.79 Å². The molecule has 1 N–H and O–H groups in total. The van der Waals surface area contributed by atoms with Crippen LogP contribution in [-0.2, 0) is 4.79 Å². The number of hydrogen-bond acceptors (Lipinski definition) is 3. The summed E-state index contributed by atoms with van der Waals surface area (Å²) in [5.41, 5.74) is 1.36. The summed E-state index contributed by atoms with van der Waals surface area (Å²) in [6.07, 6.45) is 1.37. The lowest BCUT2D eigenvalue weighted by molar-refractivity contribution is -0.112. The van der Waals surface area contributed by atoms with Crippen LogP contribution in [0.2, 0.25) is 5.02 Å². The van der Waals surface area contributed by atoms with Crippen molar-refractivity contribution in [1.82, 2.24) is 0 Å². The molecule has 4 nitrogen and oxygen atoms in total. The SMILES string of the molecule is Cc1ccc(Cl)cc1NC(=O)/C(C#N)=C/c1ccc(Br)o1. The Kier molecular flexibility index (Phi) is 4.84. The van der Waals surface area contributed by atoms with Gasteiger partial charge in [-0.05, 0) is 52.7 Å². The number of benzene rings is 1. The van der Waals surface area contributed by atoms with Crippen LogP contribution in [0.25, 0.3) is 6.08 Å². The molecular formula is C15H10BrClN2O2. The minimum atomic E-state index is -0.518. The van der Waals surface area contributed by atoms with Crippen LogP contribution in [0.3, 0.4) is 0 Å². The molecule has 0 atom stereocenters. The summed E-state index contributed by atoms with van der Waals surface area (Å²) in [5.74, 6) is -0.105. The smallest absolute Gasteiger partial charge is 0.266 e. The van der Waals surface area contributed by atoms with Gasteiger partial charge in [-0.15, -0.1) is 0 Å². The van der Waals surface area contributed by atoms with Gasteiger partial charge in [0.15, 0.2) is 4.67 Å². The Labute approximate surface area is 135 Å². The van der Waals surface area contributed by atoms with E-state index >= 15 is 0 Å². The van der Waals surface area contributed by atoms with E-state index in [2.05, 4.69) is 21.2 Å². The van der Waals surface area contributed by atoms with E-state index in [1.807, 2.05) is 13.0 Å². The predicted molar refractivity (Wildman–Crippen MR) is 84.8 cm³/mol. The summed E-state index contributed by atoms with van der Waals surface area (Å²) in [4.78, 5) is 12.1. The third-order valence-electron chi connectivity index (χ3n) is 2.69. The van der Waals surface area contributed by atoms with Crippen molar-refractivity contribution in [2.75, 3.05) is 5.32 Å². The van der Waals surface area contributed by atoms with Crippen LogP contribution < -0.4 is 5.32 Å². The number of furan rings is 1. The van der Waals surface area contributed by atoms with E-state index in [1.54, 1.807) is 30.3 Å². The fraction of sp³-hybridized carbons (Fsp3) is 0.0667. The number of nitrogens with one attached hydrogen (secondary N) is 1. The molecule has 2 rings (SSSR count). The number of halogens is 2. The molecule has 2 aromatic rings. The molecule has 6 heteroatoms. The van der Waals surface area contributed by atoms with Crippen LogP contribution in [0.1, 0.15) is 11.3 Å². The molecule has 0 saturated carbocycles. The highest BCUT2D eigenvalue weighted by atomic mass is 79.9. The average molecular weight is 366 g/mol. The number of amides is 1. The number of carbonyl (C=O) groups excluding carboxylic acids is 1. The van der Waals surface area contributed by atoms with Crippen molar-refractivity contribution in [3.05, 3.63) is 56.9 Å². The fourth-order valence-electron chi connectivity index (χ4n) is 1.62. The fourth-order valence-corrected chi connectivity index (χ4v) is 2.11. The first-order valence-corrected chi connectivity index (χ1v) is 7.11. The minimum Gasteiger partial charge on any atom is -0.450 e. The third kappa shape index (κ3) is 3.97. The molecular weight excluding hydrogens is 356 g/mol. The van der Waals surface area contributed by atoms with E-state index in [9.17, 15) is 4.79 Å². The summed E-state index contributed by atoms with van der Waals surface area (Å²) in [6.45, 7) is 1.84. The van der Waals surface area contributed by atoms with E-state index in [1.165, 1.54) is 6.08 Å². The van der Waals surface area contributed by atoms with Gasteiger partial charge in [0, 0.05) is 16.8 Å². The Hall–Kier alpha value is -2.03. The zero-order valence-electron chi connectivity index (χ0n) is 11.0. The van der Waals surface area contributed by atoms with Gasteiger partial charge in [0.1, 0.15) is 17.4 Å². The standard InChI is InChI=1S/C15H10BrClN2O2/c1-9-2-3-11(17)7-13(9)19-15(20)10(8-18)6-12-4-5-14(16)21-12/h2-7H,1H3,(H,19,20)/b10-6+. The molecule has 0 spiro atoms. The Balaban J connectivity index is 2.23. The quantitative estimate of drug-likeness (QED) is 0.641. The van der Waals surface area contributed by atoms with Gasteiger partial charge in [-0.25, -0.2) is 0 Å². The van der Waals surface area contributed by atoms with E-state index < -0.39 is 5.91 Å². The van der Waals surface area contributed by atoms with Crippen molar-refractivity contribution in [1.29, 1.82) is 5.26 Å². The van der Waals surface area contributed by atoms with Crippen molar-refractivity contribution in [2.24, 2.45) is 0 Å². The molecule has 0 saturated heterocycles. The Morgan fingerprint density at radius 2 is 2.19 bits per heavy atom. The first-order valence-electron chi connectivity index (χ1n) is 5.94. The predicted octanol–water partition coefficient (Wildman–Crippen LogP) is 4.55. The highest BCUT2D eigenvalue weighted by Crippen LogP contribution is 2.21. The normalized spacial score (nSPS) is 11.0. The molecule has 0 aliphatic rings. The zero-order valence-corrected chi connectivity index (χ0v) is 13.3. The highest BCUT2D eigenvalue weighted by molar-refractivity contribution is 9.10. The van der Waals surface area contributed by atoms with E-state index in [0.29, 0.717) is 21.1 Å². The van der Waals surface area contributed by atoms with Crippen molar-refractivity contribution >= 4 is 45.2 Å². The highest BCUT2D eigenvalue weighted by Gasteiger charge is 2.12. The first kappa shape index (κ1) is 15.4. The largest absolute Gasteiger partial charge is 0.450 e. The topological polar surface area (TPSA) is 66.0 Å². The second-order valence-electron chi connectivity index (χ2n) is 4.23. The maximum absolute atomic E-state index is 12.1. The van der Waals surface area contributed by atoms with E-state index in [4.69, 9.17) is 21.3 Å². The second kappa shape index (κ2) is 6.61. The Morgan fingerprint density at radius 3 is 2.81 bits per heavy atom. The summed E-state index contributed by atoms with van der Waals surface area (Å²) < 4.78 is 5.77. The number of nitrogens with zero attached hydrogens (tertiary/aromatic N) is 1. The van der Waals surface area contributed by atoms with Gasteiger partial charge in [-0.1, -0.05) is 17.7 Å². The summed E-state index contributed by atoms with van der Waals surface area (Å²) in [6, 6.07) is 10.3. The van der Waals surface area contributed by atoms with E-state index in [0.717, 1.165) is 5.56 Å². The summed E-state index contributed by atoms with van der Waals surface area (Å²) in [7, 11) is 0. The van der Waals surface area contributed by atoms with Gasteiger partial charge < -0.3 is 9.73 Å². The van der Waals surface area contributed by atoms with Crippen molar-refractivity contribution in [3.8, 4) is 6.07 Å². The van der Waals surface area contributed by atoms with Crippen LogP contribution in [0.5, 0.6) is 0 Å². The number of rotatable bonds is 3. The molecule has 0 unspecified atom stereocenters. The van der Waals surface area contributed by atoms with Gasteiger partial charge >= 0.3 is 0 Å². The van der Waals surface area contributed by atoms with Crippen molar-refractivity contribution < 1.29 is 9.21 Å². The van der Waals surface area contributed by atoms with Crippen molar-refractivity contribution in [3.63, 3.8) is 0 Å². The monoisotopic (exact) mass is 364 g/mol. The molecule has 1 aromatic heterocycles. The van der Waals surface area contributed by atoms with Crippen molar-refractivity contribution in [2.45, 2.75) is 6.92 Å². The molecule has 106 valence electrons. The third-order valence-corrected chi connectivity index (χ3v) is 3.35. The number of aryl methyl sites for hydroxylation is 1. The molecule has 0 aliphatic heterocycles. The molecule has 0 bridgehead atoms. The van der Waals surface area contributed by atoms with Crippen LogP contribution in [0, 0.1) is 18.3 Å². The lowest BCUT2D eigenvalue weighted by Gasteiger charge is -2.07. The second-order valence-corrected chi connectivity index (χ2v) is 5.44. The van der Waals surface area contributed by atoms with E-state index in [-0.39, 0.29) is 5.57 Å². The Morgan fingerprint density at radius 1 is 1.43 bits per heavy atom. The zero-order chi connectivity index (χ0) is 15.4. The van der Waals surface area contributed by atoms with Crippen LogP contribution in [-0.4, -0.2) is 5.91 Å².